The quantitative estimate of drug-likeness (QED) is 0.681. The van der Waals surface area contributed by atoms with Gasteiger partial charge in [-0.1, -0.05) is 74.5 Å². The molecule has 0 unspecified atom stereocenters. The van der Waals surface area contributed by atoms with Gasteiger partial charge in [0.2, 0.25) is 0 Å². The largest absolute Gasteiger partial charge is 0.220 e. The highest BCUT2D eigenvalue weighted by Gasteiger charge is 2.26. The van der Waals surface area contributed by atoms with Crippen LogP contribution in [0.4, 0.5) is 0 Å². The van der Waals surface area contributed by atoms with Gasteiger partial charge in [0.15, 0.2) is 0 Å². The van der Waals surface area contributed by atoms with Crippen molar-refractivity contribution in [2.24, 2.45) is 11.3 Å². The Morgan fingerprint density at radius 2 is 1.50 bits per heavy atom. The van der Waals surface area contributed by atoms with Crippen LogP contribution in [0.2, 0.25) is 0 Å². The maximum atomic E-state index is 4.40. The van der Waals surface area contributed by atoms with E-state index in [1.54, 1.807) is 0 Å². The summed E-state index contributed by atoms with van der Waals surface area (Å²) in [5.41, 5.74) is 3.70. The molecule has 3 heteroatoms. The Morgan fingerprint density at radius 1 is 0.875 bits per heavy atom. The lowest BCUT2D eigenvalue weighted by atomic mass is 9.75. The summed E-state index contributed by atoms with van der Waals surface area (Å²) >= 11 is 0. The summed E-state index contributed by atoms with van der Waals surface area (Å²) < 4.78 is 1.86. The summed E-state index contributed by atoms with van der Waals surface area (Å²) in [6, 6.07) is 20.8. The smallest absolute Gasteiger partial charge is 0.0834 e. The van der Waals surface area contributed by atoms with Crippen LogP contribution in [-0.4, -0.2) is 15.0 Å². The molecule has 0 amide bonds. The highest BCUT2D eigenvalue weighted by molar-refractivity contribution is 5.30. The molecule has 0 aliphatic rings. The molecule has 3 rings (SSSR count). The van der Waals surface area contributed by atoms with Gasteiger partial charge >= 0.3 is 0 Å². The van der Waals surface area contributed by atoms with Crippen LogP contribution in [0, 0.1) is 11.3 Å². The third-order valence-electron chi connectivity index (χ3n) is 4.57. The lowest BCUT2D eigenvalue weighted by molar-refractivity contribution is 0.235. The topological polar surface area (TPSA) is 30.7 Å². The van der Waals surface area contributed by atoms with Crippen molar-refractivity contribution in [2.75, 3.05) is 0 Å². The summed E-state index contributed by atoms with van der Waals surface area (Å²) in [4.78, 5) is 0. The zero-order valence-electron chi connectivity index (χ0n) is 14.7. The fraction of sp³-hybridized carbons (Fsp3) is 0.333. The van der Waals surface area contributed by atoms with Crippen LogP contribution in [0.15, 0.2) is 66.9 Å². The SMILES string of the molecule is CC(C)(C)[C@H](Cc1ccccc1)Cc1cn(-c2ccccc2)nn1. The molecule has 0 aliphatic heterocycles. The number of aromatic nitrogens is 3. The molecule has 1 aromatic heterocycles. The molecule has 1 atom stereocenters. The zero-order valence-corrected chi connectivity index (χ0v) is 14.7. The average Bonchev–Trinajstić information content (AvgIpc) is 3.04. The standard InChI is InChI=1S/C21H25N3/c1-21(2,3)18(14-17-10-6-4-7-11-17)15-19-16-24(23-22-19)20-12-8-5-9-13-20/h4-13,16,18H,14-15H2,1-3H3/t18-/m1/s1. The van der Waals surface area contributed by atoms with E-state index < -0.39 is 0 Å². The second-order valence-electron chi connectivity index (χ2n) is 7.45. The highest BCUT2D eigenvalue weighted by atomic mass is 15.4. The van der Waals surface area contributed by atoms with E-state index in [0.717, 1.165) is 24.2 Å². The molecule has 0 saturated heterocycles. The molecule has 124 valence electrons. The van der Waals surface area contributed by atoms with Crippen LogP contribution in [0.5, 0.6) is 0 Å². The van der Waals surface area contributed by atoms with Crippen LogP contribution in [-0.2, 0) is 12.8 Å². The maximum absolute atomic E-state index is 4.40. The molecule has 0 aliphatic carbocycles. The first-order valence-corrected chi connectivity index (χ1v) is 8.53. The summed E-state index contributed by atoms with van der Waals surface area (Å²) in [6.45, 7) is 6.92. The van der Waals surface area contributed by atoms with Crippen LogP contribution in [0.1, 0.15) is 32.0 Å². The molecule has 2 aromatic carbocycles. The van der Waals surface area contributed by atoms with Gasteiger partial charge in [-0.25, -0.2) is 4.68 Å². The number of benzene rings is 2. The predicted molar refractivity (Wildman–Crippen MR) is 98.2 cm³/mol. The molecule has 0 saturated carbocycles. The molecule has 0 fully saturated rings. The van der Waals surface area contributed by atoms with Gasteiger partial charge in [0.1, 0.15) is 0 Å². The number of para-hydroxylation sites is 1. The lowest BCUT2D eigenvalue weighted by Gasteiger charge is -2.30. The fourth-order valence-electron chi connectivity index (χ4n) is 2.93. The number of nitrogens with zero attached hydrogens (tertiary/aromatic N) is 3. The lowest BCUT2D eigenvalue weighted by Crippen LogP contribution is -2.25. The Labute approximate surface area is 144 Å². The first kappa shape index (κ1) is 16.4. The summed E-state index contributed by atoms with van der Waals surface area (Å²) in [5.74, 6) is 0.515. The first-order chi connectivity index (χ1) is 11.5. The average molecular weight is 319 g/mol. The van der Waals surface area contributed by atoms with Crippen molar-refractivity contribution in [1.29, 1.82) is 0 Å². The Morgan fingerprint density at radius 3 is 2.12 bits per heavy atom. The molecule has 0 bridgehead atoms. The monoisotopic (exact) mass is 319 g/mol. The minimum Gasteiger partial charge on any atom is -0.220 e. The Kier molecular flexibility index (Phi) is 4.79. The van der Waals surface area contributed by atoms with Crippen LogP contribution >= 0.6 is 0 Å². The predicted octanol–water partition coefficient (Wildman–Crippen LogP) is 4.71. The van der Waals surface area contributed by atoms with Crippen molar-refractivity contribution in [2.45, 2.75) is 33.6 Å². The Hall–Kier alpha value is -2.42. The second kappa shape index (κ2) is 7.00. The van der Waals surface area contributed by atoms with Gasteiger partial charge in [0.25, 0.3) is 0 Å². The van der Waals surface area contributed by atoms with Crippen molar-refractivity contribution < 1.29 is 0 Å². The third kappa shape index (κ3) is 4.10. The van der Waals surface area contributed by atoms with E-state index in [0.29, 0.717) is 5.92 Å². The molecule has 0 radical (unpaired) electrons. The van der Waals surface area contributed by atoms with Gasteiger partial charge in [-0.2, -0.15) is 0 Å². The van der Waals surface area contributed by atoms with E-state index in [2.05, 4.69) is 67.6 Å². The highest BCUT2D eigenvalue weighted by Crippen LogP contribution is 2.31. The van der Waals surface area contributed by atoms with Crippen molar-refractivity contribution in [3.8, 4) is 5.69 Å². The van der Waals surface area contributed by atoms with E-state index in [1.165, 1.54) is 5.56 Å². The summed E-state index contributed by atoms with van der Waals surface area (Å²) in [6.07, 6.45) is 4.05. The van der Waals surface area contributed by atoms with Gasteiger partial charge in [-0.3, -0.25) is 0 Å². The Bertz CT molecular complexity index is 755. The van der Waals surface area contributed by atoms with Gasteiger partial charge in [-0.05, 0) is 41.9 Å². The van der Waals surface area contributed by atoms with E-state index in [-0.39, 0.29) is 5.41 Å². The van der Waals surface area contributed by atoms with Crippen LogP contribution in [0.3, 0.4) is 0 Å². The molecular weight excluding hydrogens is 294 g/mol. The van der Waals surface area contributed by atoms with Gasteiger partial charge in [-0.15, -0.1) is 5.10 Å². The molecule has 3 aromatic rings. The number of rotatable bonds is 5. The van der Waals surface area contributed by atoms with E-state index >= 15 is 0 Å². The van der Waals surface area contributed by atoms with Crippen molar-refractivity contribution in [3.63, 3.8) is 0 Å². The van der Waals surface area contributed by atoms with Gasteiger partial charge in [0, 0.05) is 0 Å². The van der Waals surface area contributed by atoms with Gasteiger partial charge < -0.3 is 0 Å². The molecule has 0 spiro atoms. The minimum atomic E-state index is 0.215. The Balaban J connectivity index is 1.77. The third-order valence-corrected chi connectivity index (χ3v) is 4.57. The number of hydrogen-bond acceptors (Lipinski definition) is 2. The molecule has 1 heterocycles. The van der Waals surface area contributed by atoms with Crippen molar-refractivity contribution >= 4 is 0 Å². The summed E-state index contributed by atoms with van der Waals surface area (Å²) in [7, 11) is 0. The molecule has 3 nitrogen and oxygen atoms in total. The van der Waals surface area contributed by atoms with Crippen molar-refractivity contribution in [1.82, 2.24) is 15.0 Å². The normalized spacial score (nSPS) is 13.0. The van der Waals surface area contributed by atoms with E-state index in [1.807, 2.05) is 35.0 Å². The number of hydrogen-bond donors (Lipinski definition) is 0. The van der Waals surface area contributed by atoms with E-state index in [4.69, 9.17) is 0 Å². The first-order valence-electron chi connectivity index (χ1n) is 8.53. The van der Waals surface area contributed by atoms with Gasteiger partial charge in [0.05, 0.1) is 17.6 Å². The van der Waals surface area contributed by atoms with Crippen LogP contribution < -0.4 is 0 Å². The van der Waals surface area contributed by atoms with E-state index in [9.17, 15) is 0 Å². The maximum Gasteiger partial charge on any atom is 0.0834 e. The second-order valence-corrected chi connectivity index (χ2v) is 7.45. The summed E-state index contributed by atoms with van der Waals surface area (Å²) in [5, 5.41) is 8.70. The molecule has 24 heavy (non-hydrogen) atoms. The molecular formula is C21H25N3. The van der Waals surface area contributed by atoms with Crippen LogP contribution in [0.25, 0.3) is 5.69 Å². The molecule has 0 N–H and O–H groups in total. The fourth-order valence-corrected chi connectivity index (χ4v) is 2.93. The zero-order chi connectivity index (χ0) is 17.0. The minimum absolute atomic E-state index is 0.215. The van der Waals surface area contributed by atoms with Crippen molar-refractivity contribution in [3.05, 3.63) is 78.1 Å².